The first-order chi connectivity index (χ1) is 70.0. The summed E-state index contributed by atoms with van der Waals surface area (Å²) in [5, 5.41) is 37.0. The molecule has 0 saturated carbocycles. The molecule has 3 nitrogen and oxygen atoms in total. The van der Waals surface area contributed by atoms with Gasteiger partial charge in [-0.15, -0.1) is 0 Å². The summed E-state index contributed by atoms with van der Waals surface area (Å²) in [7, 11) is 0. The molecule has 30 rings (SSSR count). The van der Waals surface area contributed by atoms with Crippen LogP contribution in [-0.2, 0) is 0 Å². The van der Waals surface area contributed by atoms with Gasteiger partial charge in [0.05, 0.1) is 0 Å². The minimum Gasteiger partial charge on any atom is -0.456 e. The lowest BCUT2D eigenvalue weighted by atomic mass is 9.84. The first-order valence-corrected chi connectivity index (χ1v) is 48.6. The standard InChI is InChI=1S/3C46H28O/c1-2-13-30(14-3-1)43-36-16-6-8-18-38(36)44(39-19-9-7-17-37(39)43)40-21-11-23-42-46(40)45-35(20-10-22-41(45)47-42)32-26-27-34-31(28-32)25-24-29-12-4-5-15-33(29)34;1-2-12-30(13-3-1)44-36-15-6-8-17-38(36)45(39-18-9-7-16-37(39)44)40-19-10-20-43-46(40)41-28-32(24-26-42(41)47-43)31-23-25-35-33(27-31)22-21-29-11-4-5-14-34(29)35;1-2-13-29(14-3-1)44-35-19-8-10-21-37(35)45(38-22-11-9-20-36(38)44)40-23-12-24-42-46(40)39-26-25-31(28-43(39)47-42)41-27-30-15-4-5-16-32(30)33-17-6-7-18-34(33)41/h3*1-28H. The van der Waals surface area contributed by atoms with E-state index in [4.69, 9.17) is 13.3 Å². The Bertz CT molecular complexity index is 10200. The SMILES string of the molecule is c1ccc(-c2c3ccccc3c(-c3cccc4oc5cc(-c6cc7ccccc7c7ccccc67)ccc5c34)c3ccccc23)cc1.c1ccc(-c2c3ccccc3c(-c3cccc4oc5ccc(-c6ccc7c(ccc8ccccc87)c6)cc5c34)c3ccccc23)cc1.c1ccc(-c2c3ccccc3c(-c3cccc4oc5cccc(-c6ccc7c(ccc8ccccc87)c6)c5c34)c3ccccc23)cc1. The summed E-state index contributed by atoms with van der Waals surface area (Å²) in [5.41, 5.74) is 27.3. The van der Waals surface area contributed by atoms with Crippen molar-refractivity contribution in [2.75, 3.05) is 0 Å². The van der Waals surface area contributed by atoms with E-state index in [2.05, 4.69) is 510 Å². The molecule has 141 heavy (non-hydrogen) atoms. The first-order valence-electron chi connectivity index (χ1n) is 48.6. The molecule has 0 aliphatic heterocycles. The molecule has 3 aromatic heterocycles. The highest BCUT2D eigenvalue weighted by Gasteiger charge is 2.27. The summed E-state index contributed by atoms with van der Waals surface area (Å²) in [6.45, 7) is 0. The van der Waals surface area contributed by atoms with Crippen LogP contribution in [-0.4, -0.2) is 0 Å². The Morgan fingerprint density at radius 3 is 0.809 bits per heavy atom. The molecule has 0 bridgehead atoms. The van der Waals surface area contributed by atoms with Crippen molar-refractivity contribution in [1.29, 1.82) is 0 Å². The molecule has 0 aliphatic rings. The largest absolute Gasteiger partial charge is 0.456 e. The predicted molar refractivity (Wildman–Crippen MR) is 600 cm³/mol. The van der Waals surface area contributed by atoms with Gasteiger partial charge in [0.2, 0.25) is 0 Å². The summed E-state index contributed by atoms with van der Waals surface area (Å²) < 4.78 is 19.9. The maximum Gasteiger partial charge on any atom is 0.136 e. The molecule has 0 N–H and O–H groups in total. The van der Waals surface area contributed by atoms with Crippen molar-refractivity contribution in [2.24, 2.45) is 0 Å². The zero-order valence-corrected chi connectivity index (χ0v) is 76.7. The Morgan fingerprint density at radius 2 is 0.369 bits per heavy atom. The van der Waals surface area contributed by atoms with E-state index in [1.807, 2.05) is 0 Å². The van der Waals surface area contributed by atoms with Gasteiger partial charge in [0, 0.05) is 32.3 Å². The monoisotopic (exact) mass is 1790 g/mol. The lowest BCUT2D eigenvalue weighted by Crippen LogP contribution is -1.91. The van der Waals surface area contributed by atoms with Crippen LogP contribution in [0.2, 0.25) is 0 Å². The molecule has 27 aromatic carbocycles. The van der Waals surface area contributed by atoms with Crippen LogP contribution in [0.15, 0.2) is 523 Å². The minimum absolute atomic E-state index is 0.900. The van der Waals surface area contributed by atoms with Crippen LogP contribution in [0.25, 0.3) is 295 Å². The van der Waals surface area contributed by atoms with Crippen LogP contribution in [0, 0.1) is 0 Å². The third kappa shape index (κ3) is 13.3. The van der Waals surface area contributed by atoms with Crippen LogP contribution in [0.5, 0.6) is 0 Å². The third-order valence-corrected chi connectivity index (χ3v) is 29.5. The van der Waals surface area contributed by atoms with Gasteiger partial charge < -0.3 is 13.3 Å². The number of hydrogen-bond donors (Lipinski definition) is 0. The van der Waals surface area contributed by atoms with E-state index in [9.17, 15) is 0 Å². The minimum atomic E-state index is 0.900. The lowest BCUT2D eigenvalue weighted by Gasteiger charge is -2.18. The average Bonchev–Trinajstić information content (AvgIpc) is 1.70. The first kappa shape index (κ1) is 80.9. The fourth-order valence-corrected chi connectivity index (χ4v) is 23.4. The topological polar surface area (TPSA) is 39.4 Å². The molecule has 0 amide bonds. The van der Waals surface area contributed by atoms with E-state index in [-0.39, 0.29) is 0 Å². The Morgan fingerprint density at radius 1 is 0.0993 bits per heavy atom. The fourth-order valence-electron chi connectivity index (χ4n) is 23.4. The summed E-state index contributed by atoms with van der Waals surface area (Å²) in [6.07, 6.45) is 0. The van der Waals surface area contributed by atoms with Gasteiger partial charge in [-0.1, -0.05) is 443 Å². The second-order valence-electron chi connectivity index (χ2n) is 37.2. The molecule has 0 unspecified atom stereocenters. The van der Waals surface area contributed by atoms with E-state index in [0.717, 1.165) is 71.4 Å². The van der Waals surface area contributed by atoms with Gasteiger partial charge in [0.15, 0.2) is 0 Å². The zero-order valence-electron chi connectivity index (χ0n) is 76.7. The molecule has 0 spiro atoms. The van der Waals surface area contributed by atoms with Crippen molar-refractivity contribution >= 4 is 195 Å². The highest BCUT2D eigenvalue weighted by atomic mass is 16.3. The van der Waals surface area contributed by atoms with Gasteiger partial charge in [0.1, 0.15) is 33.5 Å². The smallest absolute Gasteiger partial charge is 0.136 e. The zero-order chi connectivity index (χ0) is 92.7. The number of rotatable bonds is 9. The summed E-state index contributed by atoms with van der Waals surface area (Å²) in [4.78, 5) is 0. The summed E-state index contributed by atoms with van der Waals surface area (Å²) >= 11 is 0. The maximum atomic E-state index is 6.69. The van der Waals surface area contributed by atoms with Gasteiger partial charge in [-0.05, 0) is 296 Å². The van der Waals surface area contributed by atoms with Crippen LogP contribution in [0.3, 0.4) is 0 Å². The molecule has 0 aliphatic carbocycles. The Kier molecular flexibility index (Phi) is 19.0. The van der Waals surface area contributed by atoms with Gasteiger partial charge in [-0.2, -0.15) is 0 Å². The van der Waals surface area contributed by atoms with Crippen LogP contribution in [0.4, 0.5) is 0 Å². The third-order valence-electron chi connectivity index (χ3n) is 29.5. The van der Waals surface area contributed by atoms with Gasteiger partial charge >= 0.3 is 0 Å². The molecule has 0 saturated heterocycles. The Labute approximate surface area is 812 Å². The van der Waals surface area contributed by atoms with Crippen LogP contribution in [0.1, 0.15) is 0 Å². The van der Waals surface area contributed by atoms with E-state index >= 15 is 0 Å². The summed E-state index contributed by atoms with van der Waals surface area (Å²) in [5.74, 6) is 0. The highest BCUT2D eigenvalue weighted by Crippen LogP contribution is 2.54. The Hall–Kier alpha value is -18.5. The van der Waals surface area contributed by atoms with Crippen molar-refractivity contribution < 1.29 is 13.3 Å². The predicted octanol–water partition coefficient (Wildman–Crippen LogP) is 39.6. The van der Waals surface area contributed by atoms with Crippen LogP contribution >= 0.6 is 0 Å². The maximum absolute atomic E-state index is 6.69. The van der Waals surface area contributed by atoms with Crippen molar-refractivity contribution in [3.8, 4) is 100 Å². The molecule has 30 aromatic rings. The molecule has 0 radical (unpaired) electrons. The van der Waals surface area contributed by atoms with Crippen molar-refractivity contribution in [3.63, 3.8) is 0 Å². The highest BCUT2D eigenvalue weighted by molar-refractivity contribution is 6.31. The van der Waals surface area contributed by atoms with E-state index in [1.54, 1.807) is 0 Å². The molecule has 654 valence electrons. The molecular weight excluding hydrogens is 1710 g/mol. The van der Waals surface area contributed by atoms with Crippen molar-refractivity contribution in [1.82, 2.24) is 0 Å². The number of furan rings is 3. The van der Waals surface area contributed by atoms with E-state index in [0.29, 0.717) is 0 Å². The number of fused-ring (bicyclic) bond motifs is 24. The Balaban J connectivity index is 0.000000104. The molecule has 3 heterocycles. The van der Waals surface area contributed by atoms with Crippen molar-refractivity contribution in [3.05, 3.63) is 510 Å². The van der Waals surface area contributed by atoms with Gasteiger partial charge in [0.25, 0.3) is 0 Å². The van der Waals surface area contributed by atoms with Gasteiger partial charge in [-0.25, -0.2) is 0 Å². The molecule has 0 atom stereocenters. The molecule has 3 heteroatoms. The number of hydrogen-bond acceptors (Lipinski definition) is 3. The van der Waals surface area contributed by atoms with Crippen molar-refractivity contribution in [2.45, 2.75) is 0 Å². The normalized spacial score (nSPS) is 11.8. The van der Waals surface area contributed by atoms with E-state index < -0.39 is 0 Å². The fraction of sp³-hybridized carbons (Fsp3) is 0. The second-order valence-corrected chi connectivity index (χ2v) is 37.2. The molecule has 0 fully saturated rings. The quantitative estimate of drug-likeness (QED) is 0.107. The average molecular weight is 1790 g/mol. The van der Waals surface area contributed by atoms with Crippen LogP contribution < -0.4 is 0 Å². The lowest BCUT2D eigenvalue weighted by molar-refractivity contribution is 0.668. The second kappa shape index (κ2) is 33.2. The van der Waals surface area contributed by atoms with Gasteiger partial charge in [-0.3, -0.25) is 0 Å². The summed E-state index contributed by atoms with van der Waals surface area (Å²) in [6, 6.07) is 184. The number of benzene rings is 27. The van der Waals surface area contributed by atoms with E-state index in [1.165, 1.54) is 224 Å². The molecular formula is C138H84O3.